The summed E-state index contributed by atoms with van der Waals surface area (Å²) < 4.78 is 11.7. The van der Waals surface area contributed by atoms with Crippen LogP contribution < -0.4 is 20.1 Å². The summed E-state index contributed by atoms with van der Waals surface area (Å²) in [5.74, 6) is 1.48. The first kappa shape index (κ1) is 20.0. The SMILES string of the molecule is Cc1cccc(OCCCNC(=O)NCc2cccnc2OC2CCCC2)c1. The molecule has 1 aliphatic rings. The second-order valence-corrected chi connectivity index (χ2v) is 7.12. The third kappa shape index (κ3) is 6.44. The molecule has 0 radical (unpaired) electrons. The Hall–Kier alpha value is -2.76. The van der Waals surface area contributed by atoms with Crippen molar-refractivity contribution >= 4 is 6.03 Å². The molecule has 1 fully saturated rings. The van der Waals surface area contributed by atoms with Crippen molar-refractivity contribution in [3.8, 4) is 11.6 Å². The molecule has 6 nitrogen and oxygen atoms in total. The molecule has 6 heteroatoms. The van der Waals surface area contributed by atoms with Gasteiger partial charge in [0.2, 0.25) is 5.88 Å². The highest BCUT2D eigenvalue weighted by Crippen LogP contribution is 2.24. The van der Waals surface area contributed by atoms with Gasteiger partial charge in [0.1, 0.15) is 11.9 Å². The number of nitrogens with one attached hydrogen (secondary N) is 2. The lowest BCUT2D eigenvalue weighted by molar-refractivity contribution is 0.198. The standard InChI is InChI=1S/C22H29N3O3/c1-17-7-4-11-20(15-17)27-14-6-13-24-22(26)25-16-18-8-5-12-23-21(18)28-19-9-2-3-10-19/h4-5,7-8,11-12,15,19H,2-3,6,9-10,13-14,16H2,1H3,(H2,24,25,26). The Balaban J connectivity index is 1.34. The molecule has 0 spiro atoms. The molecule has 1 aromatic carbocycles. The van der Waals surface area contributed by atoms with Gasteiger partial charge in [0.25, 0.3) is 0 Å². The van der Waals surface area contributed by atoms with Gasteiger partial charge in [0.15, 0.2) is 0 Å². The molecule has 2 aromatic rings. The minimum absolute atomic E-state index is 0.203. The maximum atomic E-state index is 12.0. The Morgan fingerprint density at radius 2 is 2.04 bits per heavy atom. The maximum absolute atomic E-state index is 12.0. The van der Waals surface area contributed by atoms with Gasteiger partial charge in [-0.15, -0.1) is 0 Å². The minimum atomic E-state index is -0.203. The van der Waals surface area contributed by atoms with Crippen molar-refractivity contribution < 1.29 is 14.3 Å². The lowest BCUT2D eigenvalue weighted by Crippen LogP contribution is -2.36. The van der Waals surface area contributed by atoms with Gasteiger partial charge < -0.3 is 20.1 Å². The van der Waals surface area contributed by atoms with Gasteiger partial charge >= 0.3 is 6.03 Å². The summed E-state index contributed by atoms with van der Waals surface area (Å²) in [6.07, 6.45) is 7.29. The molecular weight excluding hydrogens is 354 g/mol. The third-order valence-corrected chi connectivity index (χ3v) is 4.73. The van der Waals surface area contributed by atoms with E-state index in [-0.39, 0.29) is 12.1 Å². The second kappa shape index (κ2) is 10.5. The molecule has 2 amide bonds. The van der Waals surface area contributed by atoms with Crippen molar-refractivity contribution in [1.29, 1.82) is 0 Å². The third-order valence-electron chi connectivity index (χ3n) is 4.73. The summed E-state index contributed by atoms with van der Waals surface area (Å²) >= 11 is 0. The fraction of sp³-hybridized carbons (Fsp3) is 0.455. The number of hydrogen-bond acceptors (Lipinski definition) is 4. The van der Waals surface area contributed by atoms with Crippen molar-refractivity contribution in [2.24, 2.45) is 0 Å². The number of carbonyl (C=O) groups is 1. The zero-order valence-corrected chi connectivity index (χ0v) is 16.4. The van der Waals surface area contributed by atoms with Gasteiger partial charge in [-0.2, -0.15) is 0 Å². The second-order valence-electron chi connectivity index (χ2n) is 7.12. The van der Waals surface area contributed by atoms with Crippen LogP contribution in [0, 0.1) is 6.92 Å². The van der Waals surface area contributed by atoms with Crippen LogP contribution in [0.5, 0.6) is 11.6 Å². The van der Waals surface area contributed by atoms with Crippen LogP contribution in [0.25, 0.3) is 0 Å². The number of rotatable bonds is 9. The quantitative estimate of drug-likeness (QED) is 0.643. The number of nitrogens with zero attached hydrogens (tertiary/aromatic N) is 1. The molecule has 28 heavy (non-hydrogen) atoms. The Morgan fingerprint density at radius 3 is 2.86 bits per heavy atom. The largest absolute Gasteiger partial charge is 0.494 e. The number of ether oxygens (including phenoxy) is 2. The topological polar surface area (TPSA) is 72.5 Å². The number of hydrogen-bond donors (Lipinski definition) is 2. The van der Waals surface area contributed by atoms with Crippen molar-refractivity contribution in [1.82, 2.24) is 15.6 Å². The van der Waals surface area contributed by atoms with Crippen LogP contribution in [-0.4, -0.2) is 30.3 Å². The monoisotopic (exact) mass is 383 g/mol. The summed E-state index contributed by atoms with van der Waals surface area (Å²) in [5, 5.41) is 5.72. The predicted octanol–water partition coefficient (Wildman–Crippen LogP) is 3.98. The highest BCUT2D eigenvalue weighted by atomic mass is 16.5. The van der Waals surface area contributed by atoms with Gasteiger partial charge in [0, 0.05) is 24.8 Å². The average Bonchev–Trinajstić information content (AvgIpc) is 3.20. The Morgan fingerprint density at radius 1 is 1.18 bits per heavy atom. The van der Waals surface area contributed by atoms with E-state index < -0.39 is 0 Å². The molecule has 0 atom stereocenters. The smallest absolute Gasteiger partial charge is 0.315 e. The number of amides is 2. The van der Waals surface area contributed by atoms with Crippen LogP contribution in [0.3, 0.4) is 0 Å². The van der Waals surface area contributed by atoms with Crippen LogP contribution in [-0.2, 0) is 6.54 Å². The molecule has 1 saturated carbocycles. The summed E-state index contributed by atoms with van der Waals surface area (Å²) in [4.78, 5) is 16.4. The molecule has 0 aliphatic heterocycles. The van der Waals surface area contributed by atoms with E-state index in [1.54, 1.807) is 6.20 Å². The zero-order valence-electron chi connectivity index (χ0n) is 16.4. The van der Waals surface area contributed by atoms with Gasteiger partial charge in [-0.1, -0.05) is 18.2 Å². The molecule has 1 heterocycles. The number of benzene rings is 1. The first-order chi connectivity index (χ1) is 13.7. The van der Waals surface area contributed by atoms with Crippen molar-refractivity contribution in [2.45, 2.75) is 51.7 Å². The van der Waals surface area contributed by atoms with Crippen LogP contribution in [0.4, 0.5) is 4.79 Å². The van der Waals surface area contributed by atoms with E-state index in [1.807, 2.05) is 43.3 Å². The minimum Gasteiger partial charge on any atom is -0.494 e. The van der Waals surface area contributed by atoms with Gasteiger partial charge in [-0.05, 0) is 62.8 Å². The summed E-state index contributed by atoms with van der Waals surface area (Å²) in [7, 11) is 0. The fourth-order valence-corrected chi connectivity index (χ4v) is 3.24. The number of aromatic nitrogens is 1. The molecule has 0 bridgehead atoms. The van der Waals surface area contributed by atoms with Gasteiger partial charge in [0.05, 0.1) is 6.61 Å². The zero-order chi connectivity index (χ0) is 19.6. The number of urea groups is 1. The first-order valence-electron chi connectivity index (χ1n) is 10.0. The van der Waals surface area contributed by atoms with E-state index in [1.165, 1.54) is 18.4 Å². The van der Waals surface area contributed by atoms with Crippen molar-refractivity contribution in [2.75, 3.05) is 13.2 Å². The molecule has 3 rings (SSSR count). The average molecular weight is 383 g/mol. The van der Waals surface area contributed by atoms with E-state index in [0.717, 1.165) is 30.6 Å². The molecule has 1 aromatic heterocycles. The van der Waals surface area contributed by atoms with E-state index in [0.29, 0.717) is 25.6 Å². The van der Waals surface area contributed by atoms with Crippen LogP contribution >= 0.6 is 0 Å². The van der Waals surface area contributed by atoms with Gasteiger partial charge in [-0.25, -0.2) is 9.78 Å². The maximum Gasteiger partial charge on any atom is 0.315 e. The predicted molar refractivity (Wildman–Crippen MR) is 109 cm³/mol. The number of aryl methyl sites for hydroxylation is 1. The fourth-order valence-electron chi connectivity index (χ4n) is 3.24. The molecular formula is C22H29N3O3. The highest BCUT2D eigenvalue weighted by molar-refractivity contribution is 5.73. The normalized spacial score (nSPS) is 13.9. The van der Waals surface area contributed by atoms with Crippen LogP contribution in [0.2, 0.25) is 0 Å². The van der Waals surface area contributed by atoms with E-state index in [9.17, 15) is 4.79 Å². The Bertz CT molecular complexity index is 760. The van der Waals surface area contributed by atoms with Gasteiger partial charge in [-0.3, -0.25) is 0 Å². The summed E-state index contributed by atoms with van der Waals surface area (Å²) in [6, 6.07) is 11.5. The van der Waals surface area contributed by atoms with E-state index in [4.69, 9.17) is 9.47 Å². The van der Waals surface area contributed by atoms with E-state index in [2.05, 4.69) is 15.6 Å². The highest BCUT2D eigenvalue weighted by Gasteiger charge is 2.18. The summed E-state index contributed by atoms with van der Waals surface area (Å²) in [5.41, 5.74) is 2.06. The van der Waals surface area contributed by atoms with Crippen LogP contribution in [0.1, 0.15) is 43.2 Å². The van der Waals surface area contributed by atoms with E-state index >= 15 is 0 Å². The number of pyridine rings is 1. The number of carbonyl (C=O) groups excluding carboxylic acids is 1. The molecule has 2 N–H and O–H groups in total. The molecule has 1 aliphatic carbocycles. The molecule has 150 valence electrons. The van der Waals surface area contributed by atoms with Crippen molar-refractivity contribution in [3.05, 3.63) is 53.7 Å². The molecule has 0 saturated heterocycles. The lowest BCUT2D eigenvalue weighted by atomic mass is 10.2. The molecule has 0 unspecified atom stereocenters. The first-order valence-corrected chi connectivity index (χ1v) is 10.0. The lowest BCUT2D eigenvalue weighted by Gasteiger charge is -2.15. The van der Waals surface area contributed by atoms with Crippen LogP contribution in [0.15, 0.2) is 42.6 Å². The van der Waals surface area contributed by atoms with Crippen molar-refractivity contribution in [3.63, 3.8) is 0 Å². The summed E-state index contributed by atoms with van der Waals surface area (Å²) in [6.45, 7) is 3.54. The Labute approximate surface area is 166 Å². The Kier molecular flexibility index (Phi) is 7.53.